The van der Waals surface area contributed by atoms with Crippen molar-refractivity contribution in [2.75, 3.05) is 11.7 Å². The van der Waals surface area contributed by atoms with E-state index in [1.54, 1.807) is 23.5 Å². The van der Waals surface area contributed by atoms with Crippen molar-refractivity contribution in [1.82, 2.24) is 0 Å². The molecule has 0 radical (unpaired) electrons. The fraction of sp³-hybridized carbons (Fsp3) is 0.500. The first-order valence-electron chi connectivity index (χ1n) is 1.98. The minimum Gasteiger partial charge on any atom is -0.391 e. The summed E-state index contributed by atoms with van der Waals surface area (Å²) in [5.74, 6) is 0. The Balaban J connectivity index is 2.36. The van der Waals surface area contributed by atoms with Crippen LogP contribution in [0.5, 0.6) is 0 Å². The minimum absolute atomic E-state index is 0.220. The van der Waals surface area contributed by atoms with E-state index in [-0.39, 0.29) is 6.61 Å². The third kappa shape index (κ3) is 1.40. The second-order valence-corrected chi connectivity index (χ2v) is 3.50. The van der Waals surface area contributed by atoms with E-state index in [4.69, 9.17) is 5.11 Å². The summed E-state index contributed by atoms with van der Waals surface area (Å²) >= 11 is 3.46. The van der Waals surface area contributed by atoms with Gasteiger partial charge in [0, 0.05) is 9.99 Å². The van der Waals surface area contributed by atoms with Gasteiger partial charge in [-0.1, -0.05) is 0 Å². The molecule has 1 aliphatic heterocycles. The molecule has 0 saturated carbocycles. The standard InChI is InChI=1S/C4H6OS2/c5-1-4-2-6-3-7-4/h2,5H,1,3H2. The van der Waals surface area contributed by atoms with Crippen molar-refractivity contribution in [3.8, 4) is 0 Å². The summed E-state index contributed by atoms with van der Waals surface area (Å²) < 4.78 is 0. The van der Waals surface area contributed by atoms with Gasteiger partial charge in [0.2, 0.25) is 0 Å². The van der Waals surface area contributed by atoms with Crippen molar-refractivity contribution >= 4 is 23.5 Å². The quantitative estimate of drug-likeness (QED) is 0.583. The molecule has 0 spiro atoms. The summed E-state index contributed by atoms with van der Waals surface area (Å²) in [4.78, 5) is 1.10. The molecule has 1 nitrogen and oxygen atoms in total. The van der Waals surface area contributed by atoms with Gasteiger partial charge in [-0.3, -0.25) is 0 Å². The topological polar surface area (TPSA) is 20.2 Å². The Hall–Kier alpha value is 0.400. The number of aliphatic hydroxyl groups is 1. The van der Waals surface area contributed by atoms with Gasteiger partial charge in [-0.05, 0) is 5.41 Å². The van der Waals surface area contributed by atoms with Gasteiger partial charge in [0.15, 0.2) is 0 Å². The molecule has 0 bridgehead atoms. The summed E-state index contributed by atoms with van der Waals surface area (Å²) in [7, 11) is 0. The number of thioether (sulfide) groups is 2. The molecule has 1 N–H and O–H groups in total. The summed E-state index contributed by atoms with van der Waals surface area (Å²) in [5, 5.41) is 11.5. The molecule has 1 aliphatic rings. The Morgan fingerprint density at radius 2 is 2.71 bits per heavy atom. The number of hydrogen-bond donors (Lipinski definition) is 1. The summed E-state index contributed by atoms with van der Waals surface area (Å²) in [6, 6.07) is 0. The highest BCUT2D eigenvalue weighted by Crippen LogP contribution is 2.30. The molecule has 0 aromatic carbocycles. The van der Waals surface area contributed by atoms with Gasteiger partial charge >= 0.3 is 0 Å². The molecule has 0 fully saturated rings. The van der Waals surface area contributed by atoms with Gasteiger partial charge in [0.25, 0.3) is 0 Å². The van der Waals surface area contributed by atoms with E-state index < -0.39 is 0 Å². The Morgan fingerprint density at radius 3 is 3.00 bits per heavy atom. The third-order valence-corrected chi connectivity index (χ3v) is 2.92. The van der Waals surface area contributed by atoms with Crippen molar-refractivity contribution in [2.45, 2.75) is 0 Å². The Kier molecular flexibility index (Phi) is 2.09. The SMILES string of the molecule is OCC1=CSCS1. The predicted octanol–water partition coefficient (Wildman–Crippen LogP) is 1.26. The average Bonchev–Trinajstić information content (AvgIpc) is 2.14. The zero-order valence-electron chi connectivity index (χ0n) is 3.76. The molecule has 3 heteroatoms. The van der Waals surface area contributed by atoms with Crippen LogP contribution >= 0.6 is 23.5 Å². The average molecular weight is 134 g/mol. The molecule has 0 aromatic heterocycles. The molecule has 0 unspecified atom stereocenters. The molecule has 1 heterocycles. The Bertz CT molecular complexity index is 89.7. The second-order valence-electron chi connectivity index (χ2n) is 1.17. The van der Waals surface area contributed by atoms with Gasteiger partial charge in [0.1, 0.15) is 0 Å². The largest absolute Gasteiger partial charge is 0.391 e. The van der Waals surface area contributed by atoms with Gasteiger partial charge in [-0.25, -0.2) is 0 Å². The molecule has 0 atom stereocenters. The van der Waals surface area contributed by atoms with E-state index in [2.05, 4.69) is 0 Å². The van der Waals surface area contributed by atoms with Crippen LogP contribution in [0.2, 0.25) is 0 Å². The minimum atomic E-state index is 0.220. The van der Waals surface area contributed by atoms with Crippen LogP contribution in [0.4, 0.5) is 0 Å². The lowest BCUT2D eigenvalue weighted by Gasteiger charge is -1.86. The van der Waals surface area contributed by atoms with E-state index in [1.165, 1.54) is 0 Å². The van der Waals surface area contributed by atoms with Crippen molar-refractivity contribution in [3.63, 3.8) is 0 Å². The molecule has 0 amide bonds. The normalized spacial score (nSPS) is 19.9. The molecular formula is C4H6OS2. The number of rotatable bonds is 1. The maximum Gasteiger partial charge on any atom is 0.0746 e. The van der Waals surface area contributed by atoms with Crippen LogP contribution in [-0.4, -0.2) is 16.8 Å². The molecule has 7 heavy (non-hydrogen) atoms. The first kappa shape index (κ1) is 5.54. The van der Waals surface area contributed by atoms with Crippen molar-refractivity contribution in [1.29, 1.82) is 0 Å². The van der Waals surface area contributed by atoms with Gasteiger partial charge < -0.3 is 5.11 Å². The number of aliphatic hydroxyl groups excluding tert-OH is 1. The van der Waals surface area contributed by atoms with E-state index in [0.717, 1.165) is 9.99 Å². The summed E-state index contributed by atoms with van der Waals surface area (Å²) in [5.41, 5.74) is 0. The smallest absolute Gasteiger partial charge is 0.0746 e. The fourth-order valence-electron chi connectivity index (χ4n) is 0.354. The van der Waals surface area contributed by atoms with Crippen molar-refractivity contribution < 1.29 is 5.11 Å². The Labute approximate surface area is 51.2 Å². The molecule has 0 aromatic rings. The van der Waals surface area contributed by atoms with Crippen LogP contribution in [0.3, 0.4) is 0 Å². The molecule has 0 saturated heterocycles. The number of hydrogen-bond acceptors (Lipinski definition) is 3. The van der Waals surface area contributed by atoms with E-state index in [1.807, 2.05) is 5.41 Å². The maximum absolute atomic E-state index is 8.46. The fourth-order valence-corrected chi connectivity index (χ4v) is 2.33. The van der Waals surface area contributed by atoms with Crippen LogP contribution in [0, 0.1) is 0 Å². The van der Waals surface area contributed by atoms with Crippen molar-refractivity contribution in [3.05, 3.63) is 10.3 Å². The summed E-state index contributed by atoms with van der Waals surface area (Å²) in [6.45, 7) is 0.220. The van der Waals surface area contributed by atoms with E-state index >= 15 is 0 Å². The zero-order valence-corrected chi connectivity index (χ0v) is 5.39. The van der Waals surface area contributed by atoms with Gasteiger partial charge in [-0.15, -0.1) is 23.5 Å². The van der Waals surface area contributed by atoms with Crippen LogP contribution in [0.1, 0.15) is 0 Å². The van der Waals surface area contributed by atoms with Crippen molar-refractivity contribution in [2.24, 2.45) is 0 Å². The molecular weight excluding hydrogens is 128 g/mol. The molecule has 40 valence electrons. The lowest BCUT2D eigenvalue weighted by atomic mass is 10.7. The van der Waals surface area contributed by atoms with Gasteiger partial charge in [0.05, 0.1) is 6.61 Å². The Morgan fingerprint density at radius 1 is 1.86 bits per heavy atom. The lowest BCUT2D eigenvalue weighted by molar-refractivity contribution is 0.340. The lowest BCUT2D eigenvalue weighted by Crippen LogP contribution is -1.77. The van der Waals surface area contributed by atoms with E-state index in [0.29, 0.717) is 0 Å². The predicted molar refractivity (Wildman–Crippen MR) is 35.2 cm³/mol. The van der Waals surface area contributed by atoms with Crippen LogP contribution in [0.15, 0.2) is 10.3 Å². The first-order valence-corrected chi connectivity index (χ1v) is 4.01. The third-order valence-electron chi connectivity index (χ3n) is 0.683. The highest BCUT2D eigenvalue weighted by molar-refractivity contribution is 8.22. The summed E-state index contributed by atoms with van der Waals surface area (Å²) in [6.07, 6.45) is 0. The monoisotopic (exact) mass is 134 g/mol. The van der Waals surface area contributed by atoms with Crippen LogP contribution < -0.4 is 0 Å². The first-order chi connectivity index (χ1) is 3.43. The second kappa shape index (κ2) is 2.64. The maximum atomic E-state index is 8.46. The highest BCUT2D eigenvalue weighted by Gasteiger charge is 2.01. The van der Waals surface area contributed by atoms with Crippen LogP contribution in [0.25, 0.3) is 0 Å². The highest BCUT2D eigenvalue weighted by atomic mass is 32.2. The van der Waals surface area contributed by atoms with Gasteiger partial charge in [-0.2, -0.15) is 0 Å². The van der Waals surface area contributed by atoms with E-state index in [9.17, 15) is 0 Å². The molecule has 1 rings (SSSR count). The molecule has 0 aliphatic carbocycles. The zero-order chi connectivity index (χ0) is 5.11. The van der Waals surface area contributed by atoms with Crippen LogP contribution in [-0.2, 0) is 0 Å².